The van der Waals surface area contributed by atoms with Crippen LogP contribution in [0.2, 0.25) is 0 Å². The van der Waals surface area contributed by atoms with Crippen molar-refractivity contribution < 1.29 is 9.53 Å². The Hall–Kier alpha value is -0.530. The van der Waals surface area contributed by atoms with Crippen LogP contribution in [0.25, 0.3) is 0 Å². The molecule has 0 N–H and O–H groups in total. The van der Waals surface area contributed by atoms with Crippen LogP contribution in [0, 0.1) is 0 Å². The lowest BCUT2D eigenvalue weighted by Gasteiger charge is -2.06. The van der Waals surface area contributed by atoms with Gasteiger partial charge in [-0.2, -0.15) is 0 Å². The normalized spacial score (nSPS) is 11.6. The molecule has 0 fully saturated rings. The molecule has 0 rings (SSSR count). The van der Waals surface area contributed by atoms with Crippen LogP contribution in [0.3, 0.4) is 0 Å². The molecule has 62 heavy (non-hydrogen) atoms. The molecule has 2 heteroatoms. The molecular weight excluding hydrogens is 753 g/mol. The fraction of sp³-hybridized carbons (Fsp3) is 0.983. The van der Waals surface area contributed by atoms with Gasteiger partial charge < -0.3 is 4.74 Å². The molecule has 0 amide bonds. The lowest BCUT2D eigenvalue weighted by atomic mass is 10.0. The first-order valence-electron chi connectivity index (χ1n) is 30.0. The highest BCUT2D eigenvalue weighted by atomic mass is 16.5. The minimum absolute atomic E-state index is 0.0357. The molecule has 0 bridgehead atoms. The van der Waals surface area contributed by atoms with E-state index in [4.69, 9.17) is 4.74 Å². The van der Waals surface area contributed by atoms with Crippen LogP contribution in [0.5, 0.6) is 0 Å². The number of unbranched alkanes of at least 4 members (excludes halogenated alkanes) is 53. The largest absolute Gasteiger partial charge is 0.466 e. The molecule has 372 valence electrons. The molecule has 0 aliphatic rings. The van der Waals surface area contributed by atoms with Crippen molar-refractivity contribution in [1.82, 2.24) is 0 Å². The Kier molecular flexibility index (Phi) is 58.0. The van der Waals surface area contributed by atoms with Crippen LogP contribution < -0.4 is 0 Å². The Morgan fingerprint density at radius 2 is 0.355 bits per heavy atom. The van der Waals surface area contributed by atoms with Crippen molar-refractivity contribution in [3.05, 3.63) is 0 Å². The molecule has 0 aliphatic heterocycles. The van der Waals surface area contributed by atoms with Crippen molar-refractivity contribution >= 4 is 5.97 Å². The monoisotopic (exact) mass is 873 g/mol. The van der Waals surface area contributed by atoms with Crippen molar-refractivity contribution in [3.8, 4) is 0 Å². The Bertz CT molecular complexity index is 777. The summed E-state index contributed by atoms with van der Waals surface area (Å²) in [5.41, 5.74) is 0. The molecule has 0 aromatic heterocycles. The molecule has 2 nitrogen and oxygen atoms in total. The summed E-state index contributed by atoms with van der Waals surface area (Å²) in [6, 6.07) is 0. The van der Waals surface area contributed by atoms with Crippen LogP contribution in [-0.4, -0.2) is 12.6 Å². The zero-order valence-corrected chi connectivity index (χ0v) is 43.6. The summed E-state index contributed by atoms with van der Waals surface area (Å²) in [6.45, 7) is 5.25. The first-order valence-corrected chi connectivity index (χ1v) is 30.0. The summed E-state index contributed by atoms with van der Waals surface area (Å²) in [5, 5.41) is 0. The average Bonchev–Trinajstić information content (AvgIpc) is 3.28. The van der Waals surface area contributed by atoms with Crippen molar-refractivity contribution in [1.29, 1.82) is 0 Å². The maximum absolute atomic E-state index is 12.1. The van der Waals surface area contributed by atoms with Crippen LogP contribution in [0.1, 0.15) is 373 Å². The van der Waals surface area contributed by atoms with Crippen LogP contribution in [0.4, 0.5) is 0 Å². The predicted octanol–water partition coefficient (Wildman–Crippen LogP) is 22.4. The van der Waals surface area contributed by atoms with Gasteiger partial charge in [0.05, 0.1) is 6.61 Å². The molecule has 0 aromatic rings. The zero-order chi connectivity index (χ0) is 44.6. The average molecular weight is 874 g/mol. The molecule has 0 radical (unpaired) electrons. The van der Waals surface area contributed by atoms with E-state index in [-0.39, 0.29) is 5.97 Å². The smallest absolute Gasteiger partial charge is 0.305 e. The van der Waals surface area contributed by atoms with Crippen molar-refractivity contribution in [2.75, 3.05) is 6.61 Å². The highest BCUT2D eigenvalue weighted by molar-refractivity contribution is 5.69. The second kappa shape index (κ2) is 58.5. The summed E-state index contributed by atoms with van der Waals surface area (Å²) < 4.78 is 5.51. The van der Waals surface area contributed by atoms with Gasteiger partial charge in [0.15, 0.2) is 0 Å². The summed E-state index contributed by atoms with van der Waals surface area (Å²) >= 11 is 0. The van der Waals surface area contributed by atoms with Gasteiger partial charge in [0, 0.05) is 6.42 Å². The molecule has 0 spiro atoms. The van der Waals surface area contributed by atoms with Gasteiger partial charge in [0.25, 0.3) is 0 Å². The predicted molar refractivity (Wildman–Crippen MR) is 281 cm³/mol. The molecule has 0 atom stereocenters. The fourth-order valence-corrected chi connectivity index (χ4v) is 9.79. The van der Waals surface area contributed by atoms with Gasteiger partial charge in [0.2, 0.25) is 0 Å². The van der Waals surface area contributed by atoms with Gasteiger partial charge in [-0.15, -0.1) is 0 Å². The van der Waals surface area contributed by atoms with E-state index in [0.717, 1.165) is 12.8 Å². The van der Waals surface area contributed by atoms with E-state index in [9.17, 15) is 4.79 Å². The molecular formula is C60H120O2. The number of rotatable bonds is 57. The number of ether oxygens (including phenoxy) is 1. The lowest BCUT2D eigenvalue weighted by molar-refractivity contribution is -0.143. The molecule has 0 heterocycles. The topological polar surface area (TPSA) is 26.3 Å². The van der Waals surface area contributed by atoms with Gasteiger partial charge in [0.1, 0.15) is 0 Å². The minimum Gasteiger partial charge on any atom is -0.466 e. The third-order valence-corrected chi connectivity index (χ3v) is 14.2. The third-order valence-electron chi connectivity index (χ3n) is 14.2. The van der Waals surface area contributed by atoms with Gasteiger partial charge in [-0.25, -0.2) is 0 Å². The van der Waals surface area contributed by atoms with E-state index >= 15 is 0 Å². The van der Waals surface area contributed by atoms with Gasteiger partial charge in [-0.3, -0.25) is 4.79 Å². The van der Waals surface area contributed by atoms with E-state index in [0.29, 0.717) is 13.0 Å². The maximum Gasteiger partial charge on any atom is 0.305 e. The Morgan fingerprint density at radius 1 is 0.210 bits per heavy atom. The standard InChI is InChI=1S/C60H120O2/c1-3-5-7-9-11-13-15-17-19-21-23-24-25-26-27-28-29-30-31-32-33-34-35-36-37-38-39-40-42-44-46-48-50-52-54-56-58-60(61)62-59-57-55-53-51-49-47-45-43-41-22-20-18-16-14-12-10-8-6-4-2/h3-59H2,1-2H3. The lowest BCUT2D eigenvalue weighted by Crippen LogP contribution is -2.05. The summed E-state index contributed by atoms with van der Waals surface area (Å²) in [7, 11) is 0. The van der Waals surface area contributed by atoms with Crippen molar-refractivity contribution in [2.45, 2.75) is 373 Å². The van der Waals surface area contributed by atoms with Crippen molar-refractivity contribution in [2.24, 2.45) is 0 Å². The Labute approximate surface area is 394 Å². The van der Waals surface area contributed by atoms with Crippen molar-refractivity contribution in [3.63, 3.8) is 0 Å². The van der Waals surface area contributed by atoms with E-state index in [1.807, 2.05) is 0 Å². The second-order valence-corrected chi connectivity index (χ2v) is 20.7. The second-order valence-electron chi connectivity index (χ2n) is 20.7. The van der Waals surface area contributed by atoms with E-state index in [1.54, 1.807) is 0 Å². The zero-order valence-electron chi connectivity index (χ0n) is 43.6. The van der Waals surface area contributed by atoms with E-state index in [2.05, 4.69) is 13.8 Å². The first-order chi connectivity index (χ1) is 30.8. The fourth-order valence-electron chi connectivity index (χ4n) is 9.79. The summed E-state index contributed by atoms with van der Waals surface area (Å²) in [4.78, 5) is 12.1. The Morgan fingerprint density at radius 3 is 0.532 bits per heavy atom. The quantitative estimate of drug-likeness (QED) is 0.0450. The number of esters is 1. The maximum atomic E-state index is 12.1. The number of hydrogen-bond donors (Lipinski definition) is 0. The molecule has 0 saturated carbocycles. The molecule has 0 unspecified atom stereocenters. The third kappa shape index (κ3) is 57.5. The molecule has 0 saturated heterocycles. The number of carbonyl (C=O) groups is 1. The summed E-state index contributed by atoms with van der Waals surface area (Å²) in [6.07, 6.45) is 78.8. The van der Waals surface area contributed by atoms with Gasteiger partial charge in [-0.1, -0.05) is 354 Å². The SMILES string of the molecule is CCCCCCCCCCCCCCCCCCCCCCCCCCCCCCCCCCCCCCC(=O)OCCCCCCCCCCCCCCCCCCCCC. The van der Waals surface area contributed by atoms with Crippen LogP contribution in [-0.2, 0) is 9.53 Å². The van der Waals surface area contributed by atoms with Crippen LogP contribution >= 0.6 is 0 Å². The highest BCUT2D eigenvalue weighted by Crippen LogP contribution is 2.19. The van der Waals surface area contributed by atoms with Crippen LogP contribution in [0.15, 0.2) is 0 Å². The Balaban J connectivity index is 3.13. The first kappa shape index (κ1) is 61.5. The molecule has 0 aromatic carbocycles. The van der Waals surface area contributed by atoms with Gasteiger partial charge in [-0.05, 0) is 12.8 Å². The summed E-state index contributed by atoms with van der Waals surface area (Å²) in [5.74, 6) is 0.0357. The number of carbonyl (C=O) groups excluding carboxylic acids is 1. The highest BCUT2D eigenvalue weighted by Gasteiger charge is 2.03. The van der Waals surface area contributed by atoms with Gasteiger partial charge >= 0.3 is 5.97 Å². The number of hydrogen-bond acceptors (Lipinski definition) is 2. The minimum atomic E-state index is 0.0357. The van der Waals surface area contributed by atoms with E-state index < -0.39 is 0 Å². The van der Waals surface area contributed by atoms with E-state index in [1.165, 1.54) is 340 Å². The molecule has 0 aliphatic carbocycles.